The Hall–Kier alpha value is -2.56. The van der Waals surface area contributed by atoms with Gasteiger partial charge in [0.15, 0.2) is 6.61 Å². The van der Waals surface area contributed by atoms with Crippen LogP contribution in [0.1, 0.15) is 5.56 Å². The van der Waals surface area contributed by atoms with E-state index < -0.39 is 0 Å². The molecule has 0 saturated carbocycles. The number of pyridine rings is 1. The molecular formula is C15H17N3O2. The second-order valence-corrected chi connectivity index (χ2v) is 4.47. The topological polar surface area (TPSA) is 68.5 Å². The number of hydrogen-bond acceptors (Lipinski definition) is 4. The molecule has 0 radical (unpaired) electrons. The second-order valence-electron chi connectivity index (χ2n) is 4.47. The monoisotopic (exact) mass is 271 g/mol. The fourth-order valence-corrected chi connectivity index (χ4v) is 1.71. The number of nitrogens with zero attached hydrogens (tertiary/aromatic N) is 2. The highest BCUT2D eigenvalue weighted by atomic mass is 16.5. The lowest BCUT2D eigenvalue weighted by Gasteiger charge is -2.17. The van der Waals surface area contributed by atoms with Crippen LogP contribution in [0.4, 0.5) is 5.69 Å². The van der Waals surface area contributed by atoms with E-state index in [0.717, 1.165) is 5.56 Å². The summed E-state index contributed by atoms with van der Waals surface area (Å²) in [6.07, 6.45) is 3.44. The Kier molecular flexibility index (Phi) is 4.55. The van der Waals surface area contributed by atoms with E-state index in [-0.39, 0.29) is 12.5 Å². The minimum atomic E-state index is -0.101. The first-order chi connectivity index (χ1) is 9.65. The summed E-state index contributed by atoms with van der Waals surface area (Å²) in [6, 6.07) is 10.8. The highest BCUT2D eigenvalue weighted by Gasteiger charge is 2.10. The number of nitrogens with two attached hydrogens (primary N) is 1. The zero-order valence-electron chi connectivity index (χ0n) is 11.3. The fourth-order valence-electron chi connectivity index (χ4n) is 1.71. The summed E-state index contributed by atoms with van der Waals surface area (Å²) in [5, 5.41) is 0. The number of aromatic nitrogens is 1. The van der Waals surface area contributed by atoms with E-state index in [1.807, 2.05) is 12.1 Å². The normalized spacial score (nSPS) is 10.1. The maximum Gasteiger partial charge on any atom is 0.260 e. The van der Waals surface area contributed by atoms with E-state index in [2.05, 4.69) is 4.98 Å². The van der Waals surface area contributed by atoms with Gasteiger partial charge in [-0.2, -0.15) is 0 Å². The van der Waals surface area contributed by atoms with Gasteiger partial charge in [-0.25, -0.2) is 0 Å². The average Bonchev–Trinajstić information content (AvgIpc) is 2.46. The van der Waals surface area contributed by atoms with E-state index in [4.69, 9.17) is 10.5 Å². The van der Waals surface area contributed by atoms with E-state index >= 15 is 0 Å². The quantitative estimate of drug-likeness (QED) is 0.840. The molecule has 1 heterocycles. The smallest absolute Gasteiger partial charge is 0.260 e. The molecule has 2 aromatic rings. The van der Waals surface area contributed by atoms with Gasteiger partial charge in [-0.1, -0.05) is 12.1 Å². The molecule has 0 aliphatic carbocycles. The van der Waals surface area contributed by atoms with Gasteiger partial charge in [-0.3, -0.25) is 9.78 Å². The number of ether oxygens (including phenoxy) is 1. The molecule has 2 N–H and O–H groups in total. The van der Waals surface area contributed by atoms with Gasteiger partial charge in [0.05, 0.1) is 0 Å². The Balaban J connectivity index is 1.85. The molecule has 5 nitrogen and oxygen atoms in total. The van der Waals surface area contributed by atoms with Crippen molar-refractivity contribution in [3.05, 3.63) is 54.4 Å². The van der Waals surface area contributed by atoms with Crippen LogP contribution in [-0.2, 0) is 11.3 Å². The molecule has 0 saturated heterocycles. The largest absolute Gasteiger partial charge is 0.484 e. The number of likely N-dealkylation sites (N-methyl/N-ethyl adjacent to an activating group) is 1. The van der Waals surface area contributed by atoms with Crippen molar-refractivity contribution in [3.63, 3.8) is 0 Å². The van der Waals surface area contributed by atoms with Gasteiger partial charge in [0.1, 0.15) is 5.75 Å². The number of rotatable bonds is 5. The number of carbonyl (C=O) groups excluding carboxylic acids is 1. The fraction of sp³-hybridized carbons (Fsp3) is 0.200. The lowest BCUT2D eigenvalue weighted by Crippen LogP contribution is -2.30. The Morgan fingerprint density at radius 2 is 2.20 bits per heavy atom. The van der Waals surface area contributed by atoms with Crippen molar-refractivity contribution in [2.24, 2.45) is 0 Å². The summed E-state index contributed by atoms with van der Waals surface area (Å²) in [5.74, 6) is 0.490. The van der Waals surface area contributed by atoms with Crippen molar-refractivity contribution in [3.8, 4) is 5.75 Å². The molecule has 104 valence electrons. The van der Waals surface area contributed by atoms with Crippen LogP contribution < -0.4 is 10.5 Å². The Labute approximate surface area is 118 Å². The van der Waals surface area contributed by atoms with Crippen LogP contribution in [0.2, 0.25) is 0 Å². The van der Waals surface area contributed by atoms with Crippen molar-refractivity contribution in [1.82, 2.24) is 9.88 Å². The van der Waals surface area contributed by atoms with Crippen LogP contribution in [0, 0.1) is 0 Å². The number of benzene rings is 1. The van der Waals surface area contributed by atoms with E-state index in [1.54, 1.807) is 48.6 Å². The Morgan fingerprint density at radius 1 is 1.35 bits per heavy atom. The third-order valence-electron chi connectivity index (χ3n) is 2.79. The summed E-state index contributed by atoms with van der Waals surface area (Å²) in [7, 11) is 1.73. The summed E-state index contributed by atoms with van der Waals surface area (Å²) in [4.78, 5) is 17.6. The molecule has 0 aliphatic heterocycles. The van der Waals surface area contributed by atoms with Crippen LogP contribution in [0.3, 0.4) is 0 Å². The van der Waals surface area contributed by atoms with Gasteiger partial charge in [0.2, 0.25) is 0 Å². The molecule has 2 rings (SSSR count). The van der Waals surface area contributed by atoms with Gasteiger partial charge in [-0.05, 0) is 23.8 Å². The van der Waals surface area contributed by atoms with E-state index in [1.165, 1.54) is 0 Å². The van der Waals surface area contributed by atoms with Crippen LogP contribution in [0.15, 0.2) is 48.8 Å². The van der Waals surface area contributed by atoms with Crippen molar-refractivity contribution < 1.29 is 9.53 Å². The number of anilines is 1. The predicted molar refractivity (Wildman–Crippen MR) is 77.1 cm³/mol. The van der Waals surface area contributed by atoms with Crippen molar-refractivity contribution in [2.45, 2.75) is 6.54 Å². The van der Waals surface area contributed by atoms with E-state index in [0.29, 0.717) is 18.0 Å². The molecule has 5 heteroatoms. The first-order valence-corrected chi connectivity index (χ1v) is 6.26. The zero-order chi connectivity index (χ0) is 14.4. The lowest BCUT2D eigenvalue weighted by atomic mass is 10.3. The molecule has 0 aliphatic rings. The standard InChI is InChI=1S/C15H17N3O2/c1-18(10-12-4-3-7-17-9-12)15(19)11-20-14-6-2-5-13(16)8-14/h2-9H,10-11,16H2,1H3. The molecular weight excluding hydrogens is 254 g/mol. The first-order valence-electron chi connectivity index (χ1n) is 6.26. The molecule has 0 atom stereocenters. The van der Waals surface area contributed by atoms with Crippen molar-refractivity contribution >= 4 is 11.6 Å². The SMILES string of the molecule is CN(Cc1cccnc1)C(=O)COc1cccc(N)c1. The van der Waals surface area contributed by atoms with Crippen molar-refractivity contribution in [2.75, 3.05) is 19.4 Å². The van der Waals surface area contributed by atoms with Gasteiger partial charge in [-0.15, -0.1) is 0 Å². The number of amides is 1. The zero-order valence-corrected chi connectivity index (χ0v) is 11.3. The minimum absolute atomic E-state index is 0.0137. The Bertz CT molecular complexity index is 572. The molecule has 0 fully saturated rings. The van der Waals surface area contributed by atoms with Gasteiger partial charge in [0.25, 0.3) is 5.91 Å². The minimum Gasteiger partial charge on any atom is -0.484 e. The predicted octanol–water partition coefficient (Wildman–Crippen LogP) is 1.70. The molecule has 1 aromatic carbocycles. The molecule has 20 heavy (non-hydrogen) atoms. The van der Waals surface area contributed by atoms with Crippen LogP contribution >= 0.6 is 0 Å². The summed E-state index contributed by atoms with van der Waals surface area (Å²) in [5.41, 5.74) is 7.23. The number of hydrogen-bond donors (Lipinski definition) is 1. The summed E-state index contributed by atoms with van der Waals surface area (Å²) < 4.78 is 5.42. The average molecular weight is 271 g/mol. The molecule has 0 bridgehead atoms. The maximum atomic E-state index is 12.0. The highest BCUT2D eigenvalue weighted by molar-refractivity contribution is 5.77. The molecule has 1 amide bonds. The number of nitrogen functional groups attached to an aromatic ring is 1. The van der Waals surface area contributed by atoms with Gasteiger partial charge >= 0.3 is 0 Å². The number of carbonyl (C=O) groups is 1. The van der Waals surface area contributed by atoms with Crippen molar-refractivity contribution in [1.29, 1.82) is 0 Å². The van der Waals surface area contributed by atoms with Crippen LogP contribution in [-0.4, -0.2) is 29.4 Å². The first kappa shape index (κ1) is 13.9. The van der Waals surface area contributed by atoms with Gasteiger partial charge in [0, 0.05) is 37.7 Å². The Morgan fingerprint density at radius 3 is 2.90 bits per heavy atom. The molecule has 1 aromatic heterocycles. The maximum absolute atomic E-state index is 12.0. The van der Waals surface area contributed by atoms with Crippen LogP contribution in [0.5, 0.6) is 5.75 Å². The van der Waals surface area contributed by atoms with Gasteiger partial charge < -0.3 is 15.4 Å². The molecule has 0 spiro atoms. The molecule has 0 unspecified atom stereocenters. The lowest BCUT2D eigenvalue weighted by molar-refractivity contribution is -0.132. The third kappa shape index (κ3) is 3.98. The highest BCUT2D eigenvalue weighted by Crippen LogP contribution is 2.14. The third-order valence-corrected chi connectivity index (χ3v) is 2.79. The second kappa shape index (κ2) is 6.56. The summed E-state index contributed by atoms with van der Waals surface area (Å²) in [6.45, 7) is 0.493. The van der Waals surface area contributed by atoms with Crippen LogP contribution in [0.25, 0.3) is 0 Å². The van der Waals surface area contributed by atoms with E-state index in [9.17, 15) is 4.79 Å². The summed E-state index contributed by atoms with van der Waals surface area (Å²) >= 11 is 0.